The summed E-state index contributed by atoms with van der Waals surface area (Å²) in [6.07, 6.45) is 4.73. The molecule has 0 saturated heterocycles. The van der Waals surface area contributed by atoms with Gasteiger partial charge in [0.15, 0.2) is 4.73 Å². The maximum absolute atomic E-state index is 5.55. The van der Waals surface area contributed by atoms with Crippen LogP contribution >= 0.6 is 15.9 Å². The Labute approximate surface area is 97.1 Å². The molecule has 15 heavy (non-hydrogen) atoms. The molecule has 2 N–H and O–H groups in total. The van der Waals surface area contributed by atoms with Crippen molar-refractivity contribution >= 4 is 21.9 Å². The molecule has 0 aliphatic heterocycles. The molecule has 0 spiro atoms. The van der Waals surface area contributed by atoms with Crippen molar-refractivity contribution in [1.82, 2.24) is 14.8 Å². The van der Waals surface area contributed by atoms with Crippen LogP contribution in [-0.2, 0) is 4.74 Å². The van der Waals surface area contributed by atoms with Gasteiger partial charge in [0, 0.05) is 7.11 Å². The van der Waals surface area contributed by atoms with Crippen molar-refractivity contribution in [3.8, 4) is 0 Å². The van der Waals surface area contributed by atoms with E-state index in [1.54, 1.807) is 7.11 Å². The molecular formula is C9H15BrN4O. The van der Waals surface area contributed by atoms with E-state index in [0.29, 0.717) is 22.8 Å². The number of hydrogen-bond donors (Lipinski definition) is 1. The van der Waals surface area contributed by atoms with Gasteiger partial charge in [-0.15, -0.1) is 5.10 Å². The van der Waals surface area contributed by atoms with Crippen LogP contribution in [0.4, 0.5) is 5.95 Å². The zero-order valence-corrected chi connectivity index (χ0v) is 10.3. The number of aromatic nitrogens is 3. The van der Waals surface area contributed by atoms with Crippen molar-refractivity contribution in [3.63, 3.8) is 0 Å². The second-order valence-electron chi connectivity index (χ2n) is 3.86. The van der Waals surface area contributed by atoms with Crippen LogP contribution in [0.3, 0.4) is 0 Å². The SMILES string of the molecule is COC1CCCC(n2nc(N)nc2Br)C1. The zero-order valence-electron chi connectivity index (χ0n) is 8.69. The molecule has 0 radical (unpaired) electrons. The van der Waals surface area contributed by atoms with E-state index >= 15 is 0 Å². The van der Waals surface area contributed by atoms with Gasteiger partial charge in [-0.05, 0) is 41.6 Å². The highest BCUT2D eigenvalue weighted by molar-refractivity contribution is 9.10. The van der Waals surface area contributed by atoms with E-state index < -0.39 is 0 Å². The first-order valence-corrected chi connectivity index (χ1v) is 5.90. The largest absolute Gasteiger partial charge is 0.381 e. The van der Waals surface area contributed by atoms with Crippen LogP contribution in [0.25, 0.3) is 0 Å². The minimum absolute atomic E-state index is 0.321. The smallest absolute Gasteiger partial charge is 0.240 e. The van der Waals surface area contributed by atoms with Crippen molar-refractivity contribution in [2.24, 2.45) is 0 Å². The number of nitrogens with zero attached hydrogens (tertiary/aromatic N) is 3. The number of halogens is 1. The van der Waals surface area contributed by atoms with E-state index in [1.807, 2.05) is 4.68 Å². The fourth-order valence-corrected chi connectivity index (χ4v) is 2.66. The summed E-state index contributed by atoms with van der Waals surface area (Å²) in [5, 5.41) is 4.18. The van der Waals surface area contributed by atoms with Crippen molar-refractivity contribution in [2.75, 3.05) is 12.8 Å². The molecule has 84 valence electrons. The van der Waals surface area contributed by atoms with Crippen LogP contribution in [0.2, 0.25) is 0 Å². The fraction of sp³-hybridized carbons (Fsp3) is 0.778. The third kappa shape index (κ3) is 2.31. The predicted molar refractivity (Wildman–Crippen MR) is 60.4 cm³/mol. The monoisotopic (exact) mass is 274 g/mol. The van der Waals surface area contributed by atoms with Gasteiger partial charge in [0.2, 0.25) is 5.95 Å². The summed E-state index contributed by atoms with van der Waals surface area (Å²) in [6, 6.07) is 0.350. The van der Waals surface area contributed by atoms with Gasteiger partial charge >= 0.3 is 0 Å². The number of ether oxygens (including phenoxy) is 1. The standard InChI is InChI=1S/C9H15BrN4O/c1-15-7-4-2-3-6(5-7)14-8(10)12-9(11)13-14/h6-7H,2-5H2,1H3,(H2,11,13). The molecule has 1 heterocycles. The summed E-state index contributed by atoms with van der Waals surface area (Å²) in [4.78, 5) is 4.04. The van der Waals surface area contributed by atoms with Gasteiger partial charge in [0.05, 0.1) is 12.1 Å². The number of nitrogen functional groups attached to an aromatic ring is 1. The third-order valence-electron chi connectivity index (χ3n) is 2.88. The lowest BCUT2D eigenvalue weighted by Crippen LogP contribution is -2.25. The van der Waals surface area contributed by atoms with E-state index in [4.69, 9.17) is 10.5 Å². The van der Waals surface area contributed by atoms with Crippen LogP contribution in [0.15, 0.2) is 4.73 Å². The Morgan fingerprint density at radius 2 is 2.33 bits per heavy atom. The van der Waals surface area contributed by atoms with Crippen LogP contribution in [0, 0.1) is 0 Å². The lowest BCUT2D eigenvalue weighted by molar-refractivity contribution is 0.0503. The summed E-state index contributed by atoms with van der Waals surface area (Å²) in [5.74, 6) is 0.321. The first kappa shape index (κ1) is 10.9. The highest BCUT2D eigenvalue weighted by atomic mass is 79.9. The zero-order chi connectivity index (χ0) is 10.8. The molecule has 1 aliphatic carbocycles. The van der Waals surface area contributed by atoms with Gasteiger partial charge in [-0.3, -0.25) is 0 Å². The summed E-state index contributed by atoms with van der Waals surface area (Å²) >= 11 is 3.36. The van der Waals surface area contributed by atoms with Gasteiger partial charge < -0.3 is 10.5 Å². The van der Waals surface area contributed by atoms with Crippen molar-refractivity contribution < 1.29 is 4.74 Å². The Morgan fingerprint density at radius 3 is 2.93 bits per heavy atom. The molecule has 6 heteroatoms. The first-order valence-electron chi connectivity index (χ1n) is 5.11. The maximum Gasteiger partial charge on any atom is 0.240 e. The highest BCUT2D eigenvalue weighted by Gasteiger charge is 2.25. The fourth-order valence-electron chi connectivity index (χ4n) is 2.11. The minimum atomic E-state index is 0.321. The molecule has 5 nitrogen and oxygen atoms in total. The summed E-state index contributed by atoms with van der Waals surface area (Å²) in [6.45, 7) is 0. The summed E-state index contributed by atoms with van der Waals surface area (Å²) < 4.78 is 7.95. The van der Waals surface area contributed by atoms with Crippen LogP contribution in [0.1, 0.15) is 31.7 Å². The Morgan fingerprint density at radius 1 is 1.53 bits per heavy atom. The third-order valence-corrected chi connectivity index (χ3v) is 3.42. The number of hydrogen-bond acceptors (Lipinski definition) is 4. The normalized spacial score (nSPS) is 26.8. The molecule has 2 unspecified atom stereocenters. The Kier molecular flexibility index (Phi) is 3.25. The maximum atomic E-state index is 5.55. The lowest BCUT2D eigenvalue weighted by Gasteiger charge is -2.28. The molecule has 2 atom stereocenters. The average molecular weight is 275 g/mol. The number of anilines is 1. The molecule has 2 rings (SSSR count). The van der Waals surface area contributed by atoms with E-state index in [-0.39, 0.29) is 0 Å². The Hall–Kier alpha value is -0.620. The van der Waals surface area contributed by atoms with E-state index in [9.17, 15) is 0 Å². The second kappa shape index (κ2) is 4.49. The summed E-state index contributed by atoms with van der Waals surface area (Å²) in [5.41, 5.74) is 5.55. The van der Waals surface area contributed by atoms with Crippen LogP contribution in [0.5, 0.6) is 0 Å². The number of methoxy groups -OCH3 is 1. The molecule has 0 amide bonds. The van der Waals surface area contributed by atoms with Gasteiger partial charge in [-0.1, -0.05) is 0 Å². The second-order valence-corrected chi connectivity index (χ2v) is 4.57. The van der Waals surface area contributed by atoms with Gasteiger partial charge in [0.25, 0.3) is 0 Å². The predicted octanol–water partition coefficient (Wildman–Crippen LogP) is 1.75. The van der Waals surface area contributed by atoms with Gasteiger partial charge in [-0.25, -0.2) is 4.68 Å². The van der Waals surface area contributed by atoms with Crippen molar-refractivity contribution in [1.29, 1.82) is 0 Å². The minimum Gasteiger partial charge on any atom is -0.381 e. The van der Waals surface area contributed by atoms with Crippen LogP contribution < -0.4 is 5.73 Å². The Balaban J connectivity index is 2.13. The first-order chi connectivity index (χ1) is 7.20. The average Bonchev–Trinajstić information content (AvgIpc) is 2.58. The number of rotatable bonds is 2. The lowest BCUT2D eigenvalue weighted by atomic mass is 9.93. The molecule has 1 aliphatic rings. The van der Waals surface area contributed by atoms with Gasteiger partial charge in [-0.2, -0.15) is 4.98 Å². The Bertz CT molecular complexity index is 341. The summed E-state index contributed by atoms with van der Waals surface area (Å²) in [7, 11) is 1.76. The topological polar surface area (TPSA) is 66.0 Å². The van der Waals surface area contributed by atoms with Crippen LogP contribution in [-0.4, -0.2) is 28.0 Å². The molecular weight excluding hydrogens is 260 g/mol. The molecule has 0 aromatic carbocycles. The molecule has 0 bridgehead atoms. The van der Waals surface area contributed by atoms with Gasteiger partial charge in [0.1, 0.15) is 0 Å². The molecule has 1 saturated carbocycles. The quantitative estimate of drug-likeness (QED) is 0.893. The van der Waals surface area contributed by atoms with Crippen molar-refractivity contribution in [2.45, 2.75) is 37.8 Å². The van der Waals surface area contributed by atoms with E-state index in [2.05, 4.69) is 26.0 Å². The number of nitrogens with two attached hydrogens (primary N) is 1. The van der Waals surface area contributed by atoms with Crippen molar-refractivity contribution in [3.05, 3.63) is 4.73 Å². The van der Waals surface area contributed by atoms with E-state index in [1.165, 1.54) is 0 Å². The highest BCUT2D eigenvalue weighted by Crippen LogP contribution is 2.31. The van der Waals surface area contributed by atoms with E-state index in [0.717, 1.165) is 25.7 Å². The molecule has 1 aromatic heterocycles. The molecule has 1 fully saturated rings. The molecule has 1 aromatic rings.